The van der Waals surface area contributed by atoms with Gasteiger partial charge in [0.2, 0.25) is 0 Å². The lowest BCUT2D eigenvalue weighted by Crippen LogP contribution is -2.33. The van der Waals surface area contributed by atoms with E-state index in [1.54, 1.807) is 27.0 Å². The summed E-state index contributed by atoms with van der Waals surface area (Å²) < 4.78 is 29.4. The highest BCUT2D eigenvalue weighted by molar-refractivity contribution is 7.54. The Morgan fingerprint density at radius 2 is 2.09 bits per heavy atom. The largest absolute Gasteiger partial charge is 0.496 e. The highest BCUT2D eigenvalue weighted by Gasteiger charge is 2.35. The van der Waals surface area contributed by atoms with E-state index in [1.165, 1.54) is 0 Å². The van der Waals surface area contributed by atoms with Crippen molar-refractivity contribution in [2.24, 2.45) is 0 Å². The van der Waals surface area contributed by atoms with E-state index in [9.17, 15) is 4.57 Å². The summed E-state index contributed by atoms with van der Waals surface area (Å²) in [5.41, 5.74) is 0.812. The lowest BCUT2D eigenvalue weighted by atomic mass is 10.1. The molecule has 0 radical (unpaired) electrons. The molecule has 1 unspecified atom stereocenters. The molecule has 0 fully saturated rings. The lowest BCUT2D eigenvalue weighted by molar-refractivity contribution is 0.194. The summed E-state index contributed by atoms with van der Waals surface area (Å²) in [5.74, 6) is 0.314. The zero-order valence-corrected chi connectivity index (χ0v) is 14.8. The molecule has 1 aliphatic rings. The minimum atomic E-state index is -3.25. The first-order chi connectivity index (χ1) is 11.1. The van der Waals surface area contributed by atoms with Crippen LogP contribution in [0.2, 0.25) is 0 Å². The molecule has 6 nitrogen and oxygen atoms in total. The first kappa shape index (κ1) is 18.1. The van der Waals surface area contributed by atoms with Crippen LogP contribution in [0.5, 0.6) is 0 Å². The topological polar surface area (TPSA) is 69.7 Å². The molecule has 0 saturated heterocycles. The van der Waals surface area contributed by atoms with E-state index in [0.717, 1.165) is 17.9 Å². The van der Waals surface area contributed by atoms with E-state index >= 15 is 0 Å². The summed E-state index contributed by atoms with van der Waals surface area (Å²) in [5, 5.41) is 3.32. The van der Waals surface area contributed by atoms with Crippen molar-refractivity contribution in [1.82, 2.24) is 10.3 Å². The Hall–Kier alpha value is -1.20. The number of nitrogens with one attached hydrogen (secondary N) is 1. The van der Waals surface area contributed by atoms with Crippen molar-refractivity contribution in [3.63, 3.8) is 0 Å². The van der Waals surface area contributed by atoms with Gasteiger partial charge in [0, 0.05) is 12.6 Å². The Kier molecular flexibility index (Phi) is 6.78. The summed E-state index contributed by atoms with van der Waals surface area (Å²) in [4.78, 5) is 4.40. The van der Waals surface area contributed by atoms with Crippen molar-refractivity contribution in [2.75, 3.05) is 19.8 Å². The average molecular weight is 340 g/mol. The highest BCUT2D eigenvalue weighted by atomic mass is 31.2. The molecule has 1 aliphatic heterocycles. The molecule has 0 saturated carbocycles. The van der Waals surface area contributed by atoms with Crippen molar-refractivity contribution in [2.45, 2.75) is 39.0 Å². The molecule has 128 valence electrons. The van der Waals surface area contributed by atoms with Gasteiger partial charge < -0.3 is 13.8 Å². The quantitative estimate of drug-likeness (QED) is 0.692. The molecule has 0 spiro atoms. The standard InChI is InChI=1S/C16H25N2O4P/c1-4-21-23(19,22-5-2)13(3)18-16(15-10-8-12-20-15)14-9-6-7-11-17-14/h6-7,9-11,13,16,18H,4-5,8,12H2,1-3H3/t13-,16?/m0/s1. The third-order valence-electron chi connectivity index (χ3n) is 3.50. The van der Waals surface area contributed by atoms with Crippen LogP contribution >= 0.6 is 7.60 Å². The van der Waals surface area contributed by atoms with E-state index in [0.29, 0.717) is 19.8 Å². The number of hydrogen-bond acceptors (Lipinski definition) is 6. The van der Waals surface area contributed by atoms with Gasteiger partial charge in [-0.1, -0.05) is 6.07 Å². The molecule has 1 aromatic heterocycles. The molecular weight excluding hydrogens is 315 g/mol. The number of aromatic nitrogens is 1. The predicted octanol–water partition coefficient (Wildman–Crippen LogP) is 3.63. The van der Waals surface area contributed by atoms with Gasteiger partial charge in [-0.2, -0.15) is 0 Å². The van der Waals surface area contributed by atoms with E-state index in [-0.39, 0.29) is 6.04 Å². The zero-order chi connectivity index (χ0) is 16.7. The molecule has 0 aromatic carbocycles. The molecule has 0 bridgehead atoms. The van der Waals surface area contributed by atoms with Crippen LogP contribution in [0.4, 0.5) is 0 Å². The van der Waals surface area contributed by atoms with E-state index < -0.39 is 13.4 Å². The molecular formula is C16H25N2O4P. The number of nitrogens with zero attached hydrogens (tertiary/aromatic N) is 1. The van der Waals surface area contributed by atoms with Gasteiger partial charge in [0.25, 0.3) is 0 Å². The van der Waals surface area contributed by atoms with Crippen LogP contribution in [0, 0.1) is 0 Å². The van der Waals surface area contributed by atoms with Crippen molar-refractivity contribution >= 4 is 7.60 Å². The minimum Gasteiger partial charge on any atom is -0.496 e. The van der Waals surface area contributed by atoms with Crippen molar-refractivity contribution < 1.29 is 18.3 Å². The van der Waals surface area contributed by atoms with Gasteiger partial charge in [-0.05, 0) is 39.0 Å². The fraction of sp³-hybridized carbons (Fsp3) is 0.562. The Labute approximate surface area is 137 Å². The normalized spacial score (nSPS) is 17.4. The maximum absolute atomic E-state index is 12.9. The molecule has 1 aromatic rings. The second-order valence-electron chi connectivity index (χ2n) is 5.15. The highest BCUT2D eigenvalue weighted by Crippen LogP contribution is 2.52. The van der Waals surface area contributed by atoms with Crippen LogP contribution in [0.25, 0.3) is 0 Å². The number of pyridine rings is 1. The summed E-state index contributed by atoms with van der Waals surface area (Å²) in [7, 11) is -3.25. The SMILES string of the molecule is CCOP(=O)(OCC)[C@@H](C)NC(C1=CCCO1)c1ccccn1. The van der Waals surface area contributed by atoms with Gasteiger partial charge in [-0.3, -0.25) is 14.9 Å². The fourth-order valence-electron chi connectivity index (χ4n) is 2.45. The molecule has 0 aliphatic carbocycles. The monoisotopic (exact) mass is 340 g/mol. The van der Waals surface area contributed by atoms with Gasteiger partial charge in [-0.15, -0.1) is 0 Å². The van der Waals surface area contributed by atoms with Gasteiger partial charge >= 0.3 is 7.60 Å². The Morgan fingerprint density at radius 3 is 2.61 bits per heavy atom. The second kappa shape index (κ2) is 8.60. The maximum Gasteiger partial charge on any atom is 0.347 e. The van der Waals surface area contributed by atoms with Crippen molar-refractivity contribution in [3.8, 4) is 0 Å². The van der Waals surface area contributed by atoms with Crippen LogP contribution in [-0.4, -0.2) is 30.6 Å². The molecule has 2 rings (SSSR count). The molecule has 2 heterocycles. The molecule has 2 atom stereocenters. The summed E-state index contributed by atoms with van der Waals surface area (Å²) in [6.07, 6.45) is 4.63. The Bertz CT molecular complexity index is 554. The third-order valence-corrected chi connectivity index (χ3v) is 5.83. The van der Waals surface area contributed by atoms with Crippen LogP contribution < -0.4 is 5.32 Å². The van der Waals surface area contributed by atoms with E-state index in [4.69, 9.17) is 13.8 Å². The third kappa shape index (κ3) is 4.64. The number of ether oxygens (including phenoxy) is 1. The van der Waals surface area contributed by atoms with Gasteiger partial charge in [0.05, 0.1) is 25.5 Å². The predicted molar refractivity (Wildman–Crippen MR) is 89.1 cm³/mol. The summed E-state index contributed by atoms with van der Waals surface area (Å²) in [6, 6.07) is 5.42. The Morgan fingerprint density at radius 1 is 1.35 bits per heavy atom. The van der Waals surface area contributed by atoms with Crippen LogP contribution in [0.1, 0.15) is 38.9 Å². The van der Waals surface area contributed by atoms with E-state index in [2.05, 4.69) is 10.3 Å². The number of rotatable bonds is 9. The van der Waals surface area contributed by atoms with Crippen LogP contribution in [0.3, 0.4) is 0 Å². The second-order valence-corrected chi connectivity index (χ2v) is 7.52. The first-order valence-corrected chi connectivity index (χ1v) is 9.60. The van der Waals surface area contributed by atoms with Gasteiger partial charge in [0.15, 0.2) is 0 Å². The van der Waals surface area contributed by atoms with Crippen molar-refractivity contribution in [3.05, 3.63) is 41.9 Å². The summed E-state index contributed by atoms with van der Waals surface area (Å²) >= 11 is 0. The minimum absolute atomic E-state index is 0.275. The zero-order valence-electron chi connectivity index (χ0n) is 13.9. The van der Waals surface area contributed by atoms with Crippen molar-refractivity contribution in [1.29, 1.82) is 0 Å². The van der Waals surface area contributed by atoms with Gasteiger partial charge in [0.1, 0.15) is 17.6 Å². The van der Waals surface area contributed by atoms with Gasteiger partial charge in [-0.25, -0.2) is 0 Å². The molecule has 23 heavy (non-hydrogen) atoms. The molecule has 0 amide bonds. The fourth-order valence-corrected chi connectivity index (χ4v) is 4.02. The van der Waals surface area contributed by atoms with Crippen LogP contribution in [0.15, 0.2) is 36.2 Å². The van der Waals surface area contributed by atoms with Crippen LogP contribution in [-0.2, 0) is 18.3 Å². The summed E-state index contributed by atoms with van der Waals surface area (Å²) in [6.45, 7) is 6.73. The van der Waals surface area contributed by atoms with E-state index in [1.807, 2.05) is 24.3 Å². The molecule has 1 N–H and O–H groups in total. The average Bonchev–Trinajstić information content (AvgIpc) is 3.07. The number of hydrogen-bond donors (Lipinski definition) is 1. The molecule has 7 heteroatoms. The maximum atomic E-state index is 12.9. The lowest BCUT2D eigenvalue weighted by Gasteiger charge is -2.28. The smallest absolute Gasteiger partial charge is 0.347 e. The Balaban J connectivity index is 2.21. The first-order valence-electron chi connectivity index (χ1n) is 7.99.